The molecule has 2 rings (SSSR count). The number of halogens is 1. The topological polar surface area (TPSA) is 55.8 Å². The molecular weight excluding hydrogens is 258 g/mol. The van der Waals surface area contributed by atoms with Gasteiger partial charge in [-0.3, -0.25) is 4.90 Å². The van der Waals surface area contributed by atoms with E-state index in [2.05, 4.69) is 0 Å². The van der Waals surface area contributed by atoms with E-state index in [4.69, 9.17) is 21.1 Å². The van der Waals surface area contributed by atoms with Gasteiger partial charge in [-0.05, 0) is 39.5 Å². The molecule has 1 saturated heterocycles. The second kappa shape index (κ2) is 4.30. The minimum atomic E-state index is -0.808. The molecule has 2 unspecified atom stereocenters. The van der Waals surface area contributed by atoms with Crippen molar-refractivity contribution in [3.63, 3.8) is 0 Å². The quantitative estimate of drug-likeness (QED) is 0.572. The Hall–Kier alpha value is -0.970. The fraction of sp³-hybridized carbons (Fsp3) is 0.833. The monoisotopic (exact) mass is 275 g/mol. The van der Waals surface area contributed by atoms with Crippen molar-refractivity contribution in [2.45, 2.75) is 44.8 Å². The molecule has 1 amide bonds. The number of alkyl halides is 1. The molecule has 102 valence electrons. The fourth-order valence-electron chi connectivity index (χ4n) is 2.58. The van der Waals surface area contributed by atoms with E-state index >= 15 is 0 Å². The third kappa shape index (κ3) is 2.16. The Balaban J connectivity index is 2.09. The molecular formula is C12H18ClNO4. The van der Waals surface area contributed by atoms with Gasteiger partial charge >= 0.3 is 12.1 Å². The number of amides is 1. The van der Waals surface area contributed by atoms with Gasteiger partial charge in [0.15, 0.2) is 6.07 Å². The van der Waals surface area contributed by atoms with Crippen LogP contribution in [0.2, 0.25) is 0 Å². The Labute approximate surface area is 111 Å². The summed E-state index contributed by atoms with van der Waals surface area (Å²) in [5, 5.41) is 0. The van der Waals surface area contributed by atoms with E-state index in [0.717, 1.165) is 6.42 Å². The molecule has 6 heteroatoms. The highest BCUT2D eigenvalue weighted by Crippen LogP contribution is 2.56. The van der Waals surface area contributed by atoms with Crippen molar-refractivity contribution in [3.8, 4) is 0 Å². The molecule has 0 aromatic rings. The number of hydrogen-bond donors (Lipinski definition) is 0. The largest absolute Gasteiger partial charge is 0.448 e. The Kier molecular flexibility index (Phi) is 3.21. The van der Waals surface area contributed by atoms with Crippen LogP contribution in [0.3, 0.4) is 0 Å². The summed E-state index contributed by atoms with van der Waals surface area (Å²) in [6, 6.07) is -0.185. The van der Waals surface area contributed by atoms with E-state index < -0.39 is 23.2 Å². The number of hydrogen-bond acceptors (Lipinski definition) is 4. The Morgan fingerprint density at radius 1 is 1.44 bits per heavy atom. The first kappa shape index (κ1) is 13.5. The number of fused-ring (bicyclic) bond motifs is 1. The van der Waals surface area contributed by atoms with E-state index in [1.807, 2.05) is 0 Å². The van der Waals surface area contributed by atoms with Gasteiger partial charge in [-0.25, -0.2) is 9.59 Å². The van der Waals surface area contributed by atoms with Gasteiger partial charge in [0.05, 0.1) is 0 Å². The normalized spacial score (nSPS) is 29.8. The van der Waals surface area contributed by atoms with Crippen LogP contribution >= 0.6 is 11.6 Å². The zero-order valence-corrected chi connectivity index (χ0v) is 11.6. The van der Waals surface area contributed by atoms with Crippen molar-refractivity contribution in [1.82, 2.24) is 4.90 Å². The molecule has 1 aliphatic heterocycles. The van der Waals surface area contributed by atoms with Crippen LogP contribution < -0.4 is 0 Å². The van der Waals surface area contributed by atoms with Crippen LogP contribution in [-0.4, -0.2) is 40.7 Å². The number of carbonyl (C=O) groups excluding carboxylic acids is 2. The van der Waals surface area contributed by atoms with Crippen molar-refractivity contribution in [2.24, 2.45) is 5.92 Å². The third-order valence-electron chi connectivity index (χ3n) is 3.41. The fourth-order valence-corrected chi connectivity index (χ4v) is 2.68. The molecule has 0 aromatic heterocycles. The third-order valence-corrected chi connectivity index (χ3v) is 3.52. The lowest BCUT2D eigenvalue weighted by atomic mass is 10.2. The van der Waals surface area contributed by atoms with Crippen LogP contribution in [0, 0.1) is 5.92 Å². The van der Waals surface area contributed by atoms with Gasteiger partial charge in [0, 0.05) is 6.54 Å². The number of esters is 1. The summed E-state index contributed by atoms with van der Waals surface area (Å²) in [6.45, 7) is 5.94. The molecule has 1 heterocycles. The first-order valence-corrected chi connectivity index (χ1v) is 6.58. The zero-order valence-electron chi connectivity index (χ0n) is 10.9. The average Bonchev–Trinajstić information content (AvgIpc) is 2.83. The molecule has 2 aliphatic rings. The summed E-state index contributed by atoms with van der Waals surface area (Å²) in [5.41, 5.74) is -1.38. The molecule has 1 saturated carbocycles. The Morgan fingerprint density at radius 3 is 2.61 bits per heavy atom. The molecule has 1 aliphatic carbocycles. The number of ether oxygens (including phenoxy) is 2. The SMILES string of the molecule is CC(C)(C)OC(=O)N1CCC2CC21C(=O)OCCl. The first-order chi connectivity index (χ1) is 8.31. The summed E-state index contributed by atoms with van der Waals surface area (Å²) in [6.07, 6.45) is 1.02. The zero-order chi connectivity index (χ0) is 13.6. The average molecular weight is 276 g/mol. The summed E-state index contributed by atoms with van der Waals surface area (Å²) >= 11 is 5.41. The molecule has 2 atom stereocenters. The number of nitrogens with zero attached hydrogens (tertiary/aromatic N) is 1. The highest BCUT2D eigenvalue weighted by molar-refractivity contribution is 6.17. The van der Waals surface area contributed by atoms with Crippen molar-refractivity contribution < 1.29 is 19.1 Å². The summed E-state index contributed by atoms with van der Waals surface area (Å²) < 4.78 is 10.2. The van der Waals surface area contributed by atoms with Crippen LogP contribution in [0.25, 0.3) is 0 Å². The van der Waals surface area contributed by atoms with Crippen molar-refractivity contribution >= 4 is 23.7 Å². The highest BCUT2D eigenvalue weighted by Gasteiger charge is 2.70. The van der Waals surface area contributed by atoms with Crippen LogP contribution in [0.4, 0.5) is 4.79 Å². The van der Waals surface area contributed by atoms with Crippen molar-refractivity contribution in [2.75, 3.05) is 12.6 Å². The maximum Gasteiger partial charge on any atom is 0.411 e. The summed E-state index contributed by atoms with van der Waals surface area (Å²) in [5.74, 6) is -0.216. The molecule has 0 spiro atoms. The van der Waals surface area contributed by atoms with E-state index in [1.165, 1.54) is 4.90 Å². The first-order valence-electron chi connectivity index (χ1n) is 6.05. The van der Waals surface area contributed by atoms with Gasteiger partial charge in [-0.1, -0.05) is 11.6 Å². The molecule has 2 fully saturated rings. The Bertz CT molecular complexity index is 379. The highest BCUT2D eigenvalue weighted by atomic mass is 35.5. The minimum absolute atomic E-state index is 0.185. The van der Waals surface area contributed by atoms with E-state index in [1.54, 1.807) is 20.8 Å². The van der Waals surface area contributed by atoms with Crippen LogP contribution in [0.1, 0.15) is 33.6 Å². The van der Waals surface area contributed by atoms with Gasteiger partial charge in [0.25, 0.3) is 0 Å². The predicted molar refractivity (Wildman–Crippen MR) is 65.2 cm³/mol. The lowest BCUT2D eigenvalue weighted by Crippen LogP contribution is -2.48. The van der Waals surface area contributed by atoms with Crippen LogP contribution in [0.5, 0.6) is 0 Å². The van der Waals surface area contributed by atoms with Gasteiger partial charge in [0.2, 0.25) is 0 Å². The second-order valence-electron chi connectivity index (χ2n) is 5.79. The lowest BCUT2D eigenvalue weighted by Gasteiger charge is -2.29. The standard InChI is InChI=1S/C12H18ClNO4/c1-11(2,3)18-10(16)14-5-4-8-6-12(8,14)9(15)17-7-13/h8H,4-7H2,1-3H3. The Morgan fingerprint density at radius 2 is 2.11 bits per heavy atom. The van der Waals surface area contributed by atoms with Crippen molar-refractivity contribution in [1.29, 1.82) is 0 Å². The van der Waals surface area contributed by atoms with Crippen LogP contribution in [0.15, 0.2) is 0 Å². The summed E-state index contributed by atoms with van der Waals surface area (Å²) in [7, 11) is 0. The molecule has 0 N–H and O–H groups in total. The van der Waals surface area contributed by atoms with E-state index in [0.29, 0.717) is 13.0 Å². The van der Waals surface area contributed by atoms with Gasteiger partial charge < -0.3 is 9.47 Å². The lowest BCUT2D eigenvalue weighted by molar-refractivity contribution is -0.149. The number of piperidine rings is 1. The molecule has 0 bridgehead atoms. The second-order valence-corrected chi connectivity index (χ2v) is 6.01. The van der Waals surface area contributed by atoms with E-state index in [-0.39, 0.29) is 12.0 Å². The van der Waals surface area contributed by atoms with Crippen LogP contribution in [-0.2, 0) is 14.3 Å². The minimum Gasteiger partial charge on any atom is -0.448 e. The van der Waals surface area contributed by atoms with Gasteiger partial charge in [-0.15, -0.1) is 0 Å². The van der Waals surface area contributed by atoms with Gasteiger partial charge in [0.1, 0.15) is 11.1 Å². The maximum absolute atomic E-state index is 12.1. The van der Waals surface area contributed by atoms with Crippen molar-refractivity contribution in [3.05, 3.63) is 0 Å². The number of carbonyl (C=O) groups is 2. The summed E-state index contributed by atoms with van der Waals surface area (Å²) in [4.78, 5) is 25.5. The molecule has 5 nitrogen and oxygen atoms in total. The number of likely N-dealkylation sites (tertiary alicyclic amines) is 1. The molecule has 0 aromatic carbocycles. The predicted octanol–water partition coefficient (Wildman–Crippen LogP) is 2.13. The molecule has 0 radical (unpaired) electrons. The number of rotatable bonds is 2. The smallest absolute Gasteiger partial charge is 0.411 e. The molecule has 18 heavy (non-hydrogen) atoms. The maximum atomic E-state index is 12.1. The van der Waals surface area contributed by atoms with Gasteiger partial charge in [-0.2, -0.15) is 0 Å². The van der Waals surface area contributed by atoms with E-state index in [9.17, 15) is 9.59 Å².